The molecule has 98 valence electrons. The van der Waals surface area contributed by atoms with E-state index in [-0.39, 0.29) is 0 Å². The van der Waals surface area contributed by atoms with Crippen LogP contribution in [-0.2, 0) is 13.5 Å². The van der Waals surface area contributed by atoms with Gasteiger partial charge in [-0.15, -0.1) is 0 Å². The van der Waals surface area contributed by atoms with E-state index in [0.29, 0.717) is 19.4 Å². The van der Waals surface area contributed by atoms with E-state index in [2.05, 4.69) is 0 Å². The van der Waals surface area contributed by atoms with Crippen molar-refractivity contribution in [3.05, 3.63) is 30.0 Å². The quantitative estimate of drug-likeness (QED) is 0.795. The second-order valence-corrected chi connectivity index (χ2v) is 4.40. The van der Waals surface area contributed by atoms with Crippen molar-refractivity contribution in [2.45, 2.75) is 26.1 Å². The number of nitrogens with zero attached hydrogens (tertiary/aromatic N) is 1. The molecule has 0 saturated carbocycles. The fourth-order valence-corrected chi connectivity index (χ4v) is 2.19. The third-order valence-electron chi connectivity index (χ3n) is 3.03. The van der Waals surface area contributed by atoms with Crippen molar-refractivity contribution in [2.75, 3.05) is 6.61 Å². The molecule has 4 nitrogen and oxygen atoms in total. The Labute approximate surface area is 106 Å². The first-order chi connectivity index (χ1) is 8.61. The molecule has 18 heavy (non-hydrogen) atoms. The average molecular weight is 249 g/mol. The van der Waals surface area contributed by atoms with E-state index >= 15 is 0 Å². The molecular formula is C14H19NO3. The Balaban J connectivity index is 2.36. The molecule has 1 aromatic heterocycles. The standard InChI is InChI=1S/C14H19NO3/c1-3-18-11-5-6-13-12(8-11)10(9-15(13)2)4-7-14(16)17/h5-6,8-9,14,16-17H,3-4,7H2,1-2H3. The number of rotatable bonds is 5. The van der Waals surface area contributed by atoms with Crippen LogP contribution >= 0.6 is 0 Å². The maximum absolute atomic E-state index is 8.96. The number of aryl methyl sites for hydroxylation is 2. The number of aliphatic hydroxyl groups excluding tert-OH is 1. The zero-order valence-corrected chi connectivity index (χ0v) is 10.8. The largest absolute Gasteiger partial charge is 0.494 e. The number of hydrogen-bond donors (Lipinski definition) is 2. The Morgan fingerprint density at radius 3 is 2.78 bits per heavy atom. The molecule has 0 spiro atoms. The van der Waals surface area contributed by atoms with Crippen LogP contribution < -0.4 is 4.74 Å². The van der Waals surface area contributed by atoms with Crippen molar-refractivity contribution in [2.24, 2.45) is 7.05 Å². The summed E-state index contributed by atoms with van der Waals surface area (Å²) in [6, 6.07) is 5.99. The summed E-state index contributed by atoms with van der Waals surface area (Å²) < 4.78 is 7.54. The molecule has 0 fully saturated rings. The molecule has 0 radical (unpaired) electrons. The zero-order chi connectivity index (χ0) is 13.1. The van der Waals surface area contributed by atoms with Crippen molar-refractivity contribution >= 4 is 10.9 Å². The minimum atomic E-state index is -1.25. The number of hydrogen-bond acceptors (Lipinski definition) is 3. The van der Waals surface area contributed by atoms with E-state index in [1.165, 1.54) is 0 Å². The lowest BCUT2D eigenvalue weighted by Gasteiger charge is -2.05. The highest BCUT2D eigenvalue weighted by atomic mass is 16.5. The molecule has 0 aliphatic rings. The maximum Gasteiger partial charge on any atom is 0.151 e. The van der Waals surface area contributed by atoms with Crippen LogP contribution in [-0.4, -0.2) is 27.7 Å². The van der Waals surface area contributed by atoms with E-state index in [1.54, 1.807) is 0 Å². The normalized spacial score (nSPS) is 11.4. The molecule has 4 heteroatoms. The predicted molar refractivity (Wildman–Crippen MR) is 70.6 cm³/mol. The van der Waals surface area contributed by atoms with Gasteiger partial charge in [-0.05, 0) is 37.1 Å². The second-order valence-electron chi connectivity index (χ2n) is 4.40. The summed E-state index contributed by atoms with van der Waals surface area (Å²) in [5, 5.41) is 19.0. The average Bonchev–Trinajstić information content (AvgIpc) is 2.64. The van der Waals surface area contributed by atoms with E-state index in [1.807, 2.05) is 42.9 Å². The van der Waals surface area contributed by atoms with Crippen molar-refractivity contribution in [3.8, 4) is 5.75 Å². The van der Waals surface area contributed by atoms with Gasteiger partial charge in [-0.1, -0.05) is 0 Å². The van der Waals surface area contributed by atoms with Crippen LogP contribution in [0.25, 0.3) is 10.9 Å². The first kappa shape index (κ1) is 12.9. The molecule has 2 rings (SSSR count). The molecule has 0 bridgehead atoms. The van der Waals surface area contributed by atoms with Gasteiger partial charge in [0, 0.05) is 30.6 Å². The van der Waals surface area contributed by atoms with Crippen molar-refractivity contribution in [3.63, 3.8) is 0 Å². The van der Waals surface area contributed by atoms with Crippen LogP contribution in [0.5, 0.6) is 5.75 Å². The highest BCUT2D eigenvalue weighted by Crippen LogP contribution is 2.26. The first-order valence-corrected chi connectivity index (χ1v) is 6.18. The summed E-state index contributed by atoms with van der Waals surface area (Å²) in [7, 11) is 1.99. The molecule has 0 unspecified atom stereocenters. The first-order valence-electron chi connectivity index (χ1n) is 6.18. The number of ether oxygens (including phenoxy) is 1. The predicted octanol–water partition coefficient (Wildman–Crippen LogP) is 1.82. The Bertz CT molecular complexity index is 531. The highest BCUT2D eigenvalue weighted by molar-refractivity contribution is 5.85. The van der Waals surface area contributed by atoms with Crippen LogP contribution in [0.15, 0.2) is 24.4 Å². The fraction of sp³-hybridized carbons (Fsp3) is 0.429. The van der Waals surface area contributed by atoms with Crippen molar-refractivity contribution < 1.29 is 14.9 Å². The fourth-order valence-electron chi connectivity index (χ4n) is 2.19. The van der Waals surface area contributed by atoms with Gasteiger partial charge in [-0.2, -0.15) is 0 Å². The molecule has 0 aliphatic heterocycles. The van der Waals surface area contributed by atoms with E-state index < -0.39 is 6.29 Å². The van der Waals surface area contributed by atoms with Gasteiger partial charge < -0.3 is 19.5 Å². The van der Waals surface area contributed by atoms with Gasteiger partial charge in [-0.3, -0.25) is 0 Å². The van der Waals surface area contributed by atoms with Gasteiger partial charge in [-0.25, -0.2) is 0 Å². The molecule has 0 aliphatic carbocycles. The highest BCUT2D eigenvalue weighted by Gasteiger charge is 2.09. The van der Waals surface area contributed by atoms with Gasteiger partial charge in [0.05, 0.1) is 6.61 Å². The summed E-state index contributed by atoms with van der Waals surface area (Å²) in [6.45, 7) is 2.60. The Hall–Kier alpha value is -1.52. The zero-order valence-electron chi connectivity index (χ0n) is 10.8. The van der Waals surface area contributed by atoms with Crippen molar-refractivity contribution in [1.82, 2.24) is 4.57 Å². The van der Waals surface area contributed by atoms with Crippen LogP contribution in [0.3, 0.4) is 0 Å². The Morgan fingerprint density at radius 1 is 1.33 bits per heavy atom. The SMILES string of the molecule is CCOc1ccc2c(c1)c(CCC(O)O)cn2C. The Kier molecular flexibility index (Phi) is 3.89. The summed E-state index contributed by atoms with van der Waals surface area (Å²) >= 11 is 0. The van der Waals surface area contributed by atoms with E-state index in [9.17, 15) is 0 Å². The van der Waals surface area contributed by atoms with Crippen LogP contribution in [0.4, 0.5) is 0 Å². The third-order valence-corrected chi connectivity index (χ3v) is 3.03. The number of aliphatic hydroxyl groups is 2. The lowest BCUT2D eigenvalue weighted by atomic mass is 10.1. The Morgan fingerprint density at radius 2 is 2.11 bits per heavy atom. The number of fused-ring (bicyclic) bond motifs is 1. The van der Waals surface area contributed by atoms with Gasteiger partial charge in [0.15, 0.2) is 6.29 Å². The lowest BCUT2D eigenvalue weighted by molar-refractivity contribution is -0.0446. The molecule has 2 aromatic rings. The molecule has 1 aromatic carbocycles. The number of benzene rings is 1. The summed E-state index contributed by atoms with van der Waals surface area (Å²) in [4.78, 5) is 0. The molecular weight excluding hydrogens is 230 g/mol. The summed E-state index contributed by atoms with van der Waals surface area (Å²) in [5.74, 6) is 0.849. The van der Waals surface area contributed by atoms with Crippen LogP contribution in [0, 0.1) is 0 Å². The third kappa shape index (κ3) is 2.66. The molecule has 0 atom stereocenters. The number of aromatic nitrogens is 1. The van der Waals surface area contributed by atoms with Gasteiger partial charge in [0.1, 0.15) is 5.75 Å². The summed E-state index contributed by atoms with van der Waals surface area (Å²) in [6.07, 6.45) is 1.76. The van der Waals surface area contributed by atoms with Gasteiger partial charge in [0.25, 0.3) is 0 Å². The molecule has 2 N–H and O–H groups in total. The monoisotopic (exact) mass is 249 g/mol. The molecule has 0 amide bonds. The van der Waals surface area contributed by atoms with Gasteiger partial charge in [0.2, 0.25) is 0 Å². The summed E-state index contributed by atoms with van der Waals surface area (Å²) in [5.41, 5.74) is 2.24. The van der Waals surface area contributed by atoms with Gasteiger partial charge >= 0.3 is 0 Å². The minimum absolute atomic E-state index is 0.345. The van der Waals surface area contributed by atoms with E-state index in [4.69, 9.17) is 14.9 Å². The van der Waals surface area contributed by atoms with Crippen molar-refractivity contribution in [1.29, 1.82) is 0 Å². The smallest absolute Gasteiger partial charge is 0.151 e. The van der Waals surface area contributed by atoms with Crippen LogP contribution in [0.2, 0.25) is 0 Å². The topological polar surface area (TPSA) is 54.6 Å². The second kappa shape index (κ2) is 5.42. The maximum atomic E-state index is 8.96. The molecule has 0 saturated heterocycles. The molecule has 1 heterocycles. The lowest BCUT2D eigenvalue weighted by Crippen LogP contribution is -2.05. The minimum Gasteiger partial charge on any atom is -0.494 e. The van der Waals surface area contributed by atoms with E-state index in [0.717, 1.165) is 22.2 Å². The van der Waals surface area contributed by atoms with Crippen LogP contribution in [0.1, 0.15) is 18.9 Å².